The highest BCUT2D eigenvalue weighted by Crippen LogP contribution is 2.24. The molecule has 1 rings (SSSR count). The van der Waals surface area contributed by atoms with E-state index >= 15 is 0 Å². The summed E-state index contributed by atoms with van der Waals surface area (Å²) in [5.41, 5.74) is 4.04. The van der Waals surface area contributed by atoms with Crippen LogP contribution >= 0.6 is 0 Å². The normalized spacial score (nSPS) is 11.3. The van der Waals surface area contributed by atoms with E-state index in [1.54, 1.807) is 0 Å². The van der Waals surface area contributed by atoms with Gasteiger partial charge in [0.15, 0.2) is 0 Å². The average Bonchev–Trinajstić information content (AvgIpc) is 2.03. The second-order valence-electron chi connectivity index (χ2n) is 4.22. The van der Waals surface area contributed by atoms with Crippen molar-refractivity contribution in [1.82, 2.24) is 4.98 Å². The first-order valence-corrected chi connectivity index (χ1v) is 4.99. The van der Waals surface area contributed by atoms with Crippen molar-refractivity contribution in [1.29, 1.82) is 0 Å². The molecule has 1 aromatic heterocycles. The highest BCUT2D eigenvalue weighted by molar-refractivity contribution is 5.32. The van der Waals surface area contributed by atoms with Crippen molar-refractivity contribution in [2.24, 2.45) is 0 Å². The highest BCUT2D eigenvalue weighted by atomic mass is 14.7. The molecule has 0 unspecified atom stereocenters. The Kier molecular flexibility index (Phi) is 3.07. The zero-order valence-corrected chi connectivity index (χ0v) is 9.26. The zero-order valence-electron chi connectivity index (χ0n) is 9.26. The van der Waals surface area contributed by atoms with Gasteiger partial charge in [0, 0.05) is 11.9 Å². The van der Waals surface area contributed by atoms with Gasteiger partial charge in [-0.25, -0.2) is 0 Å². The molecule has 0 bridgehead atoms. The van der Waals surface area contributed by atoms with Crippen LogP contribution in [0.5, 0.6) is 0 Å². The molecule has 0 saturated carbocycles. The van der Waals surface area contributed by atoms with Gasteiger partial charge >= 0.3 is 0 Å². The summed E-state index contributed by atoms with van der Waals surface area (Å²) in [5, 5.41) is 0. The molecular weight excluding hydrogens is 158 g/mol. The Labute approximate surface area is 81.2 Å². The summed E-state index contributed by atoms with van der Waals surface area (Å²) < 4.78 is 0. The van der Waals surface area contributed by atoms with Crippen molar-refractivity contribution in [3.05, 3.63) is 29.1 Å². The van der Waals surface area contributed by atoms with Crippen LogP contribution < -0.4 is 0 Å². The third kappa shape index (κ3) is 2.09. The van der Waals surface area contributed by atoms with E-state index in [0.717, 1.165) is 0 Å². The fourth-order valence-electron chi connectivity index (χ4n) is 1.78. The Bertz CT molecular complexity index is 261. The van der Waals surface area contributed by atoms with E-state index in [-0.39, 0.29) is 0 Å². The minimum absolute atomic E-state index is 0.527. The maximum atomic E-state index is 4.42. The summed E-state index contributed by atoms with van der Waals surface area (Å²) in [6, 6.07) is 2.13. The SMILES string of the molecule is Cc1c(C(C)C)ccnc1C(C)C. The molecule has 0 aromatic carbocycles. The van der Waals surface area contributed by atoms with E-state index < -0.39 is 0 Å². The first-order valence-electron chi connectivity index (χ1n) is 4.99. The van der Waals surface area contributed by atoms with Gasteiger partial charge in [-0.05, 0) is 36.0 Å². The maximum Gasteiger partial charge on any atom is 0.0460 e. The Morgan fingerprint density at radius 3 is 2.15 bits per heavy atom. The Morgan fingerprint density at radius 1 is 1.08 bits per heavy atom. The number of pyridine rings is 1. The third-order valence-corrected chi connectivity index (χ3v) is 2.45. The summed E-state index contributed by atoms with van der Waals surface area (Å²) in [5.74, 6) is 1.12. The number of nitrogens with zero attached hydrogens (tertiary/aromatic N) is 1. The Morgan fingerprint density at radius 2 is 1.69 bits per heavy atom. The second-order valence-corrected chi connectivity index (χ2v) is 4.22. The predicted octanol–water partition coefficient (Wildman–Crippen LogP) is 3.64. The van der Waals surface area contributed by atoms with Crippen LogP contribution in [0, 0.1) is 6.92 Å². The Balaban J connectivity index is 3.18. The topological polar surface area (TPSA) is 12.9 Å². The molecule has 0 fully saturated rings. The number of aromatic nitrogens is 1. The van der Waals surface area contributed by atoms with Crippen molar-refractivity contribution < 1.29 is 0 Å². The minimum Gasteiger partial charge on any atom is -0.261 e. The first kappa shape index (κ1) is 10.2. The largest absolute Gasteiger partial charge is 0.261 e. The fraction of sp³-hybridized carbons (Fsp3) is 0.583. The molecule has 0 spiro atoms. The molecule has 1 aromatic rings. The molecule has 0 aliphatic carbocycles. The van der Waals surface area contributed by atoms with E-state index in [1.807, 2.05) is 6.20 Å². The summed E-state index contributed by atoms with van der Waals surface area (Å²) in [6.45, 7) is 11.0. The van der Waals surface area contributed by atoms with Gasteiger partial charge in [0.1, 0.15) is 0 Å². The van der Waals surface area contributed by atoms with Crippen LogP contribution in [0.1, 0.15) is 56.4 Å². The third-order valence-electron chi connectivity index (χ3n) is 2.45. The molecule has 0 saturated heterocycles. The van der Waals surface area contributed by atoms with E-state index in [1.165, 1.54) is 16.8 Å². The van der Waals surface area contributed by atoms with Crippen molar-refractivity contribution in [3.8, 4) is 0 Å². The van der Waals surface area contributed by atoms with Gasteiger partial charge < -0.3 is 0 Å². The van der Waals surface area contributed by atoms with Crippen molar-refractivity contribution in [3.63, 3.8) is 0 Å². The van der Waals surface area contributed by atoms with Gasteiger partial charge in [0.05, 0.1) is 0 Å². The Hall–Kier alpha value is -0.850. The fourth-order valence-corrected chi connectivity index (χ4v) is 1.78. The smallest absolute Gasteiger partial charge is 0.0460 e. The molecule has 0 amide bonds. The molecule has 72 valence electrons. The summed E-state index contributed by atoms with van der Waals surface area (Å²) >= 11 is 0. The summed E-state index contributed by atoms with van der Waals surface area (Å²) in [4.78, 5) is 4.42. The molecule has 1 nitrogen and oxygen atoms in total. The van der Waals surface area contributed by atoms with E-state index in [4.69, 9.17) is 0 Å². The van der Waals surface area contributed by atoms with Crippen molar-refractivity contribution >= 4 is 0 Å². The van der Waals surface area contributed by atoms with Gasteiger partial charge in [0.25, 0.3) is 0 Å². The van der Waals surface area contributed by atoms with Crippen LogP contribution in [0.15, 0.2) is 12.3 Å². The van der Waals surface area contributed by atoms with E-state index in [9.17, 15) is 0 Å². The lowest BCUT2D eigenvalue weighted by Crippen LogP contribution is -2.01. The maximum absolute atomic E-state index is 4.42. The predicted molar refractivity (Wildman–Crippen MR) is 57.2 cm³/mol. The molecule has 13 heavy (non-hydrogen) atoms. The molecule has 0 radical (unpaired) electrons. The second kappa shape index (κ2) is 3.91. The zero-order chi connectivity index (χ0) is 10.0. The molecular formula is C12H19N. The van der Waals surface area contributed by atoms with Gasteiger partial charge in [-0.1, -0.05) is 27.7 Å². The van der Waals surface area contributed by atoms with Crippen LogP contribution in [-0.4, -0.2) is 4.98 Å². The van der Waals surface area contributed by atoms with E-state index in [0.29, 0.717) is 11.8 Å². The van der Waals surface area contributed by atoms with Crippen molar-refractivity contribution in [2.75, 3.05) is 0 Å². The van der Waals surface area contributed by atoms with Gasteiger partial charge in [-0.15, -0.1) is 0 Å². The number of hydrogen-bond acceptors (Lipinski definition) is 1. The summed E-state index contributed by atoms with van der Waals surface area (Å²) in [7, 11) is 0. The van der Waals surface area contributed by atoms with Crippen molar-refractivity contribution in [2.45, 2.75) is 46.5 Å². The standard InChI is InChI=1S/C12H19N/c1-8(2)11-6-7-13-12(9(3)4)10(11)5/h6-9H,1-5H3. The number of hydrogen-bond donors (Lipinski definition) is 0. The monoisotopic (exact) mass is 177 g/mol. The lowest BCUT2D eigenvalue weighted by Gasteiger charge is -2.14. The average molecular weight is 177 g/mol. The van der Waals surface area contributed by atoms with Crippen LogP contribution in [0.2, 0.25) is 0 Å². The van der Waals surface area contributed by atoms with Crippen LogP contribution in [0.25, 0.3) is 0 Å². The minimum atomic E-state index is 0.527. The quantitative estimate of drug-likeness (QED) is 0.672. The van der Waals surface area contributed by atoms with Gasteiger partial charge in [0.2, 0.25) is 0 Å². The summed E-state index contributed by atoms with van der Waals surface area (Å²) in [6.07, 6.45) is 1.93. The van der Waals surface area contributed by atoms with Crippen LogP contribution in [0.3, 0.4) is 0 Å². The lowest BCUT2D eigenvalue weighted by molar-refractivity contribution is 0.783. The molecule has 0 aliphatic heterocycles. The molecule has 0 atom stereocenters. The number of rotatable bonds is 2. The van der Waals surface area contributed by atoms with Crippen LogP contribution in [0.4, 0.5) is 0 Å². The molecule has 1 heterocycles. The van der Waals surface area contributed by atoms with E-state index in [2.05, 4.69) is 45.7 Å². The molecule has 1 heteroatoms. The van der Waals surface area contributed by atoms with Gasteiger partial charge in [-0.3, -0.25) is 4.98 Å². The highest BCUT2D eigenvalue weighted by Gasteiger charge is 2.10. The molecule has 0 N–H and O–H groups in total. The first-order chi connectivity index (χ1) is 6.04. The lowest BCUT2D eigenvalue weighted by atomic mass is 9.94. The van der Waals surface area contributed by atoms with Crippen LogP contribution in [-0.2, 0) is 0 Å². The van der Waals surface area contributed by atoms with Gasteiger partial charge in [-0.2, -0.15) is 0 Å². The molecule has 0 aliphatic rings.